The third-order valence-electron chi connectivity index (χ3n) is 12.0. The number of piperazine rings is 2. The van der Waals surface area contributed by atoms with E-state index in [1.165, 1.54) is 6.07 Å². The lowest BCUT2D eigenvalue weighted by Gasteiger charge is -2.40. The topological polar surface area (TPSA) is 164 Å². The minimum absolute atomic E-state index is 0.0176. The van der Waals surface area contributed by atoms with Gasteiger partial charge in [0.2, 0.25) is 5.91 Å². The maximum absolute atomic E-state index is 15.1. The van der Waals surface area contributed by atoms with Crippen molar-refractivity contribution in [2.75, 3.05) is 78.5 Å². The van der Waals surface area contributed by atoms with Gasteiger partial charge in [0, 0.05) is 83.8 Å². The number of halogens is 1. The summed E-state index contributed by atoms with van der Waals surface area (Å²) < 4.78 is 20.6. The molecule has 64 heavy (non-hydrogen) atoms. The first-order valence-corrected chi connectivity index (χ1v) is 22.4. The number of amides is 4. The summed E-state index contributed by atoms with van der Waals surface area (Å²) in [5, 5.41) is 10.7. The van der Waals surface area contributed by atoms with Crippen LogP contribution in [0.5, 0.6) is 0 Å². The number of ether oxygens (including phenoxy) is 1. The molecule has 6 rings (SSSR count). The molecule has 16 heteroatoms. The van der Waals surface area contributed by atoms with Gasteiger partial charge in [-0.2, -0.15) is 5.10 Å². The minimum Gasteiger partial charge on any atom is -0.444 e. The molecular formula is C48H64FN9O6. The number of hydrogen-bond acceptors (Lipinski definition) is 10. The van der Waals surface area contributed by atoms with E-state index < -0.39 is 29.0 Å². The summed E-state index contributed by atoms with van der Waals surface area (Å²) in [4.78, 5) is 80.7. The second-order valence-corrected chi connectivity index (χ2v) is 18.5. The van der Waals surface area contributed by atoms with Crippen LogP contribution in [0.25, 0.3) is 10.8 Å². The molecule has 344 valence electrons. The number of hydrogen-bond donors (Lipinski definition) is 2. The highest BCUT2D eigenvalue weighted by Gasteiger charge is 2.33. The van der Waals surface area contributed by atoms with Crippen LogP contribution in [-0.2, 0) is 20.7 Å². The van der Waals surface area contributed by atoms with Crippen molar-refractivity contribution < 1.29 is 28.3 Å². The summed E-state index contributed by atoms with van der Waals surface area (Å²) in [5.74, 6) is -0.836. The Morgan fingerprint density at radius 3 is 2.17 bits per heavy atom. The molecule has 3 fully saturated rings. The van der Waals surface area contributed by atoms with Crippen LogP contribution in [0.4, 0.5) is 9.18 Å². The smallest absolute Gasteiger partial charge is 0.412 e. The second-order valence-electron chi connectivity index (χ2n) is 18.5. The molecule has 3 aliphatic rings. The van der Waals surface area contributed by atoms with E-state index in [0.29, 0.717) is 92.3 Å². The standard InChI is InChI=1S/C48H64FN9O6/c1-8-12-39(50-46(63)64-47(3,4)5)42(51-48(6,7)9-2)45(62)57-19-17-33(18-20-57)31-54-21-23-55(24-22-54)32-41(59)56-25-27-58(28-26-56)44(61)37-29-34(15-16-38(37)49)30-40-35-13-10-11-14-36(35)43(60)53-52-40/h9-16,29,33H,2,8,17-28,30-32H2,1,3-7H3,(H,50,63)(H,53,60)/b39-12+,51-42?. The third-order valence-corrected chi connectivity index (χ3v) is 12.0. The summed E-state index contributed by atoms with van der Waals surface area (Å²) in [6.45, 7) is 21.8. The van der Waals surface area contributed by atoms with E-state index in [0.717, 1.165) is 45.6 Å². The fourth-order valence-corrected chi connectivity index (χ4v) is 8.31. The van der Waals surface area contributed by atoms with E-state index >= 15 is 4.39 Å². The Morgan fingerprint density at radius 1 is 0.891 bits per heavy atom. The largest absolute Gasteiger partial charge is 0.444 e. The number of likely N-dealkylation sites (tertiary alicyclic amines) is 1. The van der Waals surface area contributed by atoms with E-state index in [1.54, 1.807) is 67.0 Å². The molecule has 0 aliphatic carbocycles. The van der Waals surface area contributed by atoms with Crippen molar-refractivity contribution in [2.45, 2.75) is 78.4 Å². The average molecular weight is 882 g/mol. The van der Waals surface area contributed by atoms with Gasteiger partial charge in [0.05, 0.1) is 34.4 Å². The summed E-state index contributed by atoms with van der Waals surface area (Å²) in [6.07, 6.45) is 5.38. The fraction of sp³-hybridized carbons (Fsp3) is 0.521. The first kappa shape index (κ1) is 47.7. The lowest BCUT2D eigenvalue weighted by Crippen LogP contribution is -2.55. The lowest BCUT2D eigenvalue weighted by molar-refractivity contribution is -0.134. The Bertz CT molecular complexity index is 2310. The number of alkyl carbamates (subject to hydrolysis) is 1. The van der Waals surface area contributed by atoms with Gasteiger partial charge in [-0.15, -0.1) is 6.58 Å². The highest BCUT2D eigenvalue weighted by molar-refractivity contribution is 6.45. The van der Waals surface area contributed by atoms with Gasteiger partial charge in [-0.3, -0.25) is 34.4 Å². The molecule has 4 heterocycles. The van der Waals surface area contributed by atoms with Gasteiger partial charge < -0.3 is 24.3 Å². The number of aliphatic imine (C=N–C) groups is 1. The highest BCUT2D eigenvalue weighted by Crippen LogP contribution is 2.23. The Kier molecular flexibility index (Phi) is 15.5. The van der Waals surface area contributed by atoms with Crippen LogP contribution in [0, 0.1) is 11.7 Å². The maximum Gasteiger partial charge on any atom is 0.412 e. The molecule has 0 radical (unpaired) electrons. The number of nitrogens with one attached hydrogen (secondary N) is 2. The van der Waals surface area contributed by atoms with Crippen LogP contribution in [0.15, 0.2) is 76.7 Å². The van der Waals surface area contributed by atoms with Gasteiger partial charge >= 0.3 is 6.09 Å². The van der Waals surface area contributed by atoms with Crippen LogP contribution in [0.3, 0.4) is 0 Å². The molecule has 3 aromatic rings. The molecule has 0 bridgehead atoms. The van der Waals surface area contributed by atoms with Crippen molar-refractivity contribution in [3.8, 4) is 0 Å². The van der Waals surface area contributed by atoms with Gasteiger partial charge in [0.1, 0.15) is 17.1 Å². The normalized spacial score (nSPS) is 17.7. The molecule has 0 spiro atoms. The highest BCUT2D eigenvalue weighted by atomic mass is 19.1. The number of aromatic nitrogens is 2. The zero-order valence-electron chi connectivity index (χ0n) is 38.3. The number of allylic oxidation sites excluding steroid dienone is 1. The third kappa shape index (κ3) is 12.5. The van der Waals surface area contributed by atoms with E-state index in [4.69, 9.17) is 9.73 Å². The lowest BCUT2D eigenvalue weighted by atomic mass is 9.95. The second kappa shape index (κ2) is 20.8. The molecular weight excluding hydrogens is 818 g/mol. The maximum atomic E-state index is 15.1. The number of aromatic amines is 1. The average Bonchev–Trinajstić information content (AvgIpc) is 3.27. The Hall–Kier alpha value is -5.74. The van der Waals surface area contributed by atoms with E-state index in [2.05, 4.69) is 31.9 Å². The molecule has 2 N–H and O–H groups in total. The van der Waals surface area contributed by atoms with Gasteiger partial charge in [-0.05, 0) is 83.6 Å². The van der Waals surface area contributed by atoms with Crippen LogP contribution < -0.4 is 10.9 Å². The Balaban J connectivity index is 0.943. The number of benzene rings is 2. The molecule has 4 amide bonds. The molecule has 3 saturated heterocycles. The SMILES string of the molecule is C=CC(C)(C)N=C(C(=O)N1CCC(CN2CCN(CC(=O)N3CCN(C(=O)c4cc(Cc5n[nH]c(=O)c6ccccc56)ccc4F)CC3)CC2)CC1)/C(=C\CC)NC(=O)OC(C)(C)C. The molecule has 15 nitrogen and oxygen atoms in total. The number of H-pyrrole nitrogens is 1. The van der Waals surface area contributed by atoms with Crippen LogP contribution >= 0.6 is 0 Å². The first-order chi connectivity index (χ1) is 30.4. The van der Waals surface area contributed by atoms with Crippen molar-refractivity contribution in [3.05, 3.63) is 99.9 Å². The minimum atomic E-state index is -0.741. The van der Waals surface area contributed by atoms with Crippen LogP contribution in [0.1, 0.15) is 82.4 Å². The molecule has 2 aromatic carbocycles. The van der Waals surface area contributed by atoms with Gasteiger partial charge in [-0.25, -0.2) is 14.3 Å². The molecule has 0 unspecified atom stereocenters. The van der Waals surface area contributed by atoms with E-state index in [-0.39, 0.29) is 28.6 Å². The quantitative estimate of drug-likeness (QED) is 0.177. The summed E-state index contributed by atoms with van der Waals surface area (Å²) >= 11 is 0. The number of piperidine rings is 1. The van der Waals surface area contributed by atoms with Crippen LogP contribution in [0.2, 0.25) is 0 Å². The molecule has 1 aromatic heterocycles. The molecule has 0 saturated carbocycles. The van der Waals surface area contributed by atoms with Crippen LogP contribution in [-0.4, -0.2) is 154 Å². The molecule has 0 atom stereocenters. The van der Waals surface area contributed by atoms with Crippen molar-refractivity contribution in [1.82, 2.24) is 40.0 Å². The monoisotopic (exact) mass is 881 g/mol. The summed E-state index contributed by atoms with van der Waals surface area (Å²) in [6, 6.07) is 11.6. The first-order valence-electron chi connectivity index (χ1n) is 22.4. The number of nitrogens with zero attached hydrogens (tertiary/aromatic N) is 7. The number of rotatable bonds is 13. The van der Waals surface area contributed by atoms with Crippen molar-refractivity contribution in [1.29, 1.82) is 0 Å². The summed E-state index contributed by atoms with van der Waals surface area (Å²) in [7, 11) is 0. The van der Waals surface area contributed by atoms with Gasteiger partial charge in [-0.1, -0.05) is 43.3 Å². The number of carbonyl (C=O) groups excluding carboxylic acids is 4. The Morgan fingerprint density at radius 2 is 1.53 bits per heavy atom. The van der Waals surface area contributed by atoms with E-state index in [1.807, 2.05) is 37.8 Å². The van der Waals surface area contributed by atoms with Crippen molar-refractivity contribution in [3.63, 3.8) is 0 Å². The Labute approximate surface area is 375 Å². The zero-order chi connectivity index (χ0) is 46.2. The van der Waals surface area contributed by atoms with Crippen molar-refractivity contribution >= 4 is 40.3 Å². The fourth-order valence-electron chi connectivity index (χ4n) is 8.31. The summed E-state index contributed by atoms with van der Waals surface area (Å²) in [5.41, 5.74) is 0.0595. The van der Waals surface area contributed by atoms with E-state index in [9.17, 15) is 24.0 Å². The van der Waals surface area contributed by atoms with Gasteiger partial charge in [0.25, 0.3) is 17.4 Å². The number of fused-ring (bicyclic) bond motifs is 1. The van der Waals surface area contributed by atoms with Gasteiger partial charge in [0.15, 0.2) is 0 Å². The predicted octanol–water partition coefficient (Wildman–Crippen LogP) is 5.02. The zero-order valence-corrected chi connectivity index (χ0v) is 38.3. The predicted molar refractivity (Wildman–Crippen MR) is 246 cm³/mol. The molecule has 3 aliphatic heterocycles. The van der Waals surface area contributed by atoms with Crippen molar-refractivity contribution in [2.24, 2.45) is 10.9 Å². The number of carbonyl (C=O) groups is 4.